The summed E-state index contributed by atoms with van der Waals surface area (Å²) in [6.45, 7) is 1.05. The summed E-state index contributed by atoms with van der Waals surface area (Å²) in [5.41, 5.74) is 2.17. The first-order valence-electron chi connectivity index (χ1n) is 10.0. The monoisotopic (exact) mass is 382 g/mol. The van der Waals surface area contributed by atoms with Gasteiger partial charge in [0.25, 0.3) is 0 Å². The van der Waals surface area contributed by atoms with Gasteiger partial charge in [-0.15, -0.1) is 0 Å². The number of rotatable bonds is 9. The van der Waals surface area contributed by atoms with Crippen LogP contribution in [-0.2, 0) is 11.3 Å². The van der Waals surface area contributed by atoms with Crippen LogP contribution in [0, 0.1) is 11.7 Å². The van der Waals surface area contributed by atoms with Crippen LogP contribution >= 0.6 is 0 Å². The number of halogens is 1. The number of amides is 1. The van der Waals surface area contributed by atoms with Gasteiger partial charge in [-0.25, -0.2) is 4.39 Å². The van der Waals surface area contributed by atoms with Gasteiger partial charge in [-0.1, -0.05) is 24.3 Å². The molecule has 0 heterocycles. The Labute approximate surface area is 165 Å². The van der Waals surface area contributed by atoms with Crippen LogP contribution in [-0.4, -0.2) is 30.5 Å². The lowest BCUT2D eigenvalue weighted by molar-refractivity contribution is -0.123. The topological polar surface area (TPSA) is 41.6 Å². The fourth-order valence-electron chi connectivity index (χ4n) is 3.70. The highest BCUT2D eigenvalue weighted by Gasteiger charge is 2.35. The number of nitrogens with one attached hydrogen (secondary N) is 1. The molecule has 28 heavy (non-hydrogen) atoms. The van der Waals surface area contributed by atoms with E-state index >= 15 is 0 Å². The highest BCUT2D eigenvalue weighted by molar-refractivity contribution is 5.78. The van der Waals surface area contributed by atoms with E-state index in [1.54, 1.807) is 19.2 Å². The molecule has 0 aliphatic heterocycles. The van der Waals surface area contributed by atoms with Gasteiger partial charge in [0.2, 0.25) is 5.91 Å². The molecule has 1 atom stereocenters. The molecule has 2 aromatic rings. The summed E-state index contributed by atoms with van der Waals surface area (Å²) in [6.07, 6.45) is 4.55. The Balaban J connectivity index is 1.39. The molecule has 2 aliphatic rings. The van der Waals surface area contributed by atoms with Crippen LogP contribution in [0.1, 0.15) is 42.9 Å². The predicted molar refractivity (Wildman–Crippen MR) is 106 cm³/mol. The number of ether oxygens (including phenoxy) is 1. The number of hydrogen-bond donors (Lipinski definition) is 1. The van der Waals surface area contributed by atoms with Crippen LogP contribution in [0.2, 0.25) is 0 Å². The van der Waals surface area contributed by atoms with Crippen LogP contribution in [0.25, 0.3) is 0 Å². The molecule has 0 spiro atoms. The van der Waals surface area contributed by atoms with Gasteiger partial charge in [-0.2, -0.15) is 0 Å². The van der Waals surface area contributed by atoms with Crippen molar-refractivity contribution < 1.29 is 13.9 Å². The van der Waals surface area contributed by atoms with Crippen molar-refractivity contribution in [1.29, 1.82) is 0 Å². The fraction of sp³-hybridized carbons (Fsp3) is 0.435. The summed E-state index contributed by atoms with van der Waals surface area (Å²) in [7, 11) is 1.66. The maximum Gasteiger partial charge on any atom is 0.234 e. The van der Waals surface area contributed by atoms with Gasteiger partial charge in [0, 0.05) is 12.6 Å². The molecule has 2 fully saturated rings. The molecule has 0 aromatic heterocycles. The second-order valence-electron chi connectivity index (χ2n) is 7.92. The summed E-state index contributed by atoms with van der Waals surface area (Å²) < 4.78 is 18.4. The Morgan fingerprint density at radius 1 is 1.11 bits per heavy atom. The van der Waals surface area contributed by atoms with E-state index in [4.69, 9.17) is 4.74 Å². The molecule has 148 valence electrons. The average molecular weight is 382 g/mol. The van der Waals surface area contributed by atoms with E-state index in [1.165, 1.54) is 12.1 Å². The van der Waals surface area contributed by atoms with Crippen LogP contribution in [0.4, 0.5) is 4.39 Å². The molecule has 2 aromatic carbocycles. The second kappa shape index (κ2) is 8.31. The maximum atomic E-state index is 13.2. The molecule has 1 amide bonds. The third kappa shape index (κ3) is 4.90. The number of carbonyl (C=O) groups excluding carboxylic acids is 1. The minimum Gasteiger partial charge on any atom is -0.497 e. The van der Waals surface area contributed by atoms with Crippen LogP contribution < -0.4 is 10.1 Å². The van der Waals surface area contributed by atoms with E-state index in [2.05, 4.69) is 10.2 Å². The Hall–Kier alpha value is -2.40. The Morgan fingerprint density at radius 3 is 2.36 bits per heavy atom. The molecule has 0 radical (unpaired) electrons. The minimum atomic E-state index is -0.230. The van der Waals surface area contributed by atoms with Gasteiger partial charge in [0.05, 0.1) is 19.7 Å². The van der Waals surface area contributed by atoms with Gasteiger partial charge in [0.1, 0.15) is 11.6 Å². The molecule has 5 heteroatoms. The van der Waals surface area contributed by atoms with Crippen molar-refractivity contribution in [2.75, 3.05) is 13.7 Å². The van der Waals surface area contributed by atoms with Gasteiger partial charge in [-0.3, -0.25) is 9.69 Å². The van der Waals surface area contributed by atoms with Crippen molar-refractivity contribution in [2.24, 2.45) is 5.92 Å². The summed E-state index contributed by atoms with van der Waals surface area (Å²) in [5.74, 6) is 1.17. The molecule has 0 saturated heterocycles. The van der Waals surface area contributed by atoms with E-state index in [0.717, 1.165) is 42.6 Å². The van der Waals surface area contributed by atoms with E-state index < -0.39 is 0 Å². The van der Waals surface area contributed by atoms with E-state index in [1.807, 2.05) is 24.3 Å². The van der Waals surface area contributed by atoms with Crippen molar-refractivity contribution in [3.05, 3.63) is 65.5 Å². The lowest BCUT2D eigenvalue weighted by Crippen LogP contribution is -2.40. The van der Waals surface area contributed by atoms with Crippen molar-refractivity contribution in [3.8, 4) is 5.75 Å². The molecule has 0 bridgehead atoms. The third-order valence-corrected chi connectivity index (χ3v) is 5.59. The highest BCUT2D eigenvalue weighted by Crippen LogP contribution is 2.41. The van der Waals surface area contributed by atoms with Crippen molar-refractivity contribution in [2.45, 2.75) is 44.3 Å². The Kier molecular flexibility index (Phi) is 5.62. The molecule has 4 rings (SSSR count). The number of hydrogen-bond acceptors (Lipinski definition) is 3. The zero-order chi connectivity index (χ0) is 19.5. The SMILES string of the molecule is COc1ccc(C(NC(=O)CN(Cc2ccc(F)cc2)C2CC2)C2CC2)cc1. The number of benzene rings is 2. The van der Waals surface area contributed by atoms with Crippen LogP contribution in [0.3, 0.4) is 0 Å². The first-order chi connectivity index (χ1) is 13.6. The Bertz CT molecular complexity index is 798. The van der Waals surface area contributed by atoms with Crippen LogP contribution in [0.15, 0.2) is 48.5 Å². The lowest BCUT2D eigenvalue weighted by atomic mass is 10.0. The summed E-state index contributed by atoms with van der Waals surface area (Å²) in [4.78, 5) is 15.0. The summed E-state index contributed by atoms with van der Waals surface area (Å²) >= 11 is 0. The number of nitrogens with zero attached hydrogens (tertiary/aromatic N) is 1. The van der Waals surface area contributed by atoms with Gasteiger partial charge in [-0.05, 0) is 67.0 Å². The molecule has 2 aliphatic carbocycles. The van der Waals surface area contributed by atoms with E-state index in [0.29, 0.717) is 25.0 Å². The zero-order valence-corrected chi connectivity index (χ0v) is 16.2. The van der Waals surface area contributed by atoms with Gasteiger partial charge >= 0.3 is 0 Å². The molecule has 1 N–H and O–H groups in total. The Morgan fingerprint density at radius 2 is 1.79 bits per heavy atom. The van der Waals surface area contributed by atoms with Crippen molar-refractivity contribution >= 4 is 5.91 Å². The highest BCUT2D eigenvalue weighted by atomic mass is 19.1. The third-order valence-electron chi connectivity index (χ3n) is 5.59. The van der Waals surface area contributed by atoms with Crippen molar-refractivity contribution in [1.82, 2.24) is 10.2 Å². The normalized spacial score (nSPS) is 17.4. The molecule has 4 nitrogen and oxygen atoms in total. The van der Waals surface area contributed by atoms with E-state index in [-0.39, 0.29) is 17.8 Å². The first-order valence-corrected chi connectivity index (χ1v) is 10.0. The fourth-order valence-corrected chi connectivity index (χ4v) is 3.70. The molecule has 1 unspecified atom stereocenters. The summed E-state index contributed by atoms with van der Waals surface area (Å²) in [5, 5.41) is 3.26. The lowest BCUT2D eigenvalue weighted by Gasteiger charge is -2.24. The molecular formula is C23H27FN2O2. The molecule has 2 saturated carbocycles. The number of methoxy groups -OCH3 is 1. The van der Waals surface area contributed by atoms with Gasteiger partial charge < -0.3 is 10.1 Å². The number of carbonyl (C=O) groups is 1. The smallest absolute Gasteiger partial charge is 0.234 e. The molecular weight excluding hydrogens is 355 g/mol. The first kappa shape index (κ1) is 18.9. The maximum absolute atomic E-state index is 13.2. The predicted octanol–water partition coefficient (Wildman–Crippen LogP) is 4.07. The van der Waals surface area contributed by atoms with Crippen molar-refractivity contribution in [3.63, 3.8) is 0 Å². The minimum absolute atomic E-state index is 0.0572. The van der Waals surface area contributed by atoms with Gasteiger partial charge in [0.15, 0.2) is 0 Å². The summed E-state index contributed by atoms with van der Waals surface area (Å²) in [6, 6.07) is 15.0. The van der Waals surface area contributed by atoms with Crippen LogP contribution in [0.5, 0.6) is 5.75 Å². The zero-order valence-electron chi connectivity index (χ0n) is 16.2. The quantitative estimate of drug-likeness (QED) is 0.711. The second-order valence-corrected chi connectivity index (χ2v) is 7.92. The van der Waals surface area contributed by atoms with E-state index in [9.17, 15) is 9.18 Å². The average Bonchev–Trinajstić information content (AvgIpc) is 3.60. The standard InChI is InChI=1S/C23H27FN2O2/c1-28-21-12-6-18(7-13-21)23(17-4-5-17)25-22(27)15-26(20-10-11-20)14-16-2-8-19(24)9-3-16/h2-3,6-9,12-13,17,20,23H,4-5,10-11,14-15H2,1H3,(H,25,27). The largest absolute Gasteiger partial charge is 0.497 e.